The molecular weight excluding hydrogens is 654 g/mol. The second-order valence-corrected chi connectivity index (χ2v) is 15.6. The van der Waals surface area contributed by atoms with Crippen molar-refractivity contribution in [1.82, 2.24) is 0 Å². The van der Waals surface area contributed by atoms with Gasteiger partial charge < -0.3 is 8.97 Å². The number of unbranched alkanes of at least 4 members (excludes halogenated alkanes) is 4. The zero-order valence-electron chi connectivity index (χ0n) is 28.5. The van der Waals surface area contributed by atoms with Crippen LogP contribution in [0.5, 0.6) is 0 Å². The summed E-state index contributed by atoms with van der Waals surface area (Å²) in [6.45, 7) is 29.8. The van der Waals surface area contributed by atoms with Crippen molar-refractivity contribution >= 4 is 15.6 Å². The van der Waals surface area contributed by atoms with E-state index in [0.29, 0.717) is 0 Å². The van der Waals surface area contributed by atoms with Crippen molar-refractivity contribution in [2.24, 2.45) is 0 Å². The van der Waals surface area contributed by atoms with Crippen molar-refractivity contribution in [3.8, 4) is 0 Å². The molecule has 0 rings (SSSR count). The fraction of sp³-hybridized carbons (Fsp3) is 1.00. The van der Waals surface area contributed by atoms with Crippen LogP contribution in [0.4, 0.5) is 50.4 Å². The summed E-state index contributed by atoms with van der Waals surface area (Å²) in [6.07, 6.45) is 16.4. The first-order valence-electron chi connectivity index (χ1n) is 16.2. The fourth-order valence-corrected chi connectivity index (χ4v) is 5.21. The minimum atomic E-state index is -10.7. The molecule has 0 saturated heterocycles. The molecule has 0 bridgehead atoms. The van der Waals surface area contributed by atoms with Crippen LogP contribution in [0.2, 0.25) is 0 Å². The standard InChI is InChI=1S/C16H36N.C12H28N.2F6P/c1-5-9-13-17(14-10-6-2,15-11-7-3)16-12-8-4;1-5-9-13(10-6-2,11-7-3)12-8-4;2*1-7(2,3,4,5)6/h5-16H2,1-4H3;5-12H2,1-4H3;;/q2*+1;2*-1. The minimum absolute atomic E-state index is 1.33. The van der Waals surface area contributed by atoms with E-state index in [-0.39, 0.29) is 0 Å². The molecule has 0 unspecified atom stereocenters. The molecule has 0 aliphatic rings. The maximum absolute atomic E-state index is 10.7. The second-order valence-electron chi connectivity index (χ2n) is 11.8. The number of nitrogens with zero attached hydrogens (tertiary/aromatic N) is 2. The topological polar surface area (TPSA) is 0 Å². The summed E-state index contributed by atoms with van der Waals surface area (Å²) < 4.78 is 121. The van der Waals surface area contributed by atoms with Crippen LogP contribution in [0.25, 0.3) is 0 Å². The number of quaternary nitrogens is 2. The van der Waals surface area contributed by atoms with Crippen molar-refractivity contribution in [3.05, 3.63) is 0 Å². The molecule has 0 radical (unpaired) electrons. The Morgan fingerprint density at radius 1 is 0.273 bits per heavy atom. The van der Waals surface area contributed by atoms with Crippen LogP contribution in [0.3, 0.4) is 0 Å². The molecule has 0 saturated carbocycles. The van der Waals surface area contributed by atoms with Gasteiger partial charge in [-0.3, -0.25) is 0 Å². The first kappa shape index (κ1) is 50.8. The van der Waals surface area contributed by atoms with Gasteiger partial charge in [-0.2, -0.15) is 0 Å². The molecular formula is C28H64F12N2P2. The first-order chi connectivity index (χ1) is 19.4. The zero-order chi connectivity index (χ0) is 36.0. The van der Waals surface area contributed by atoms with E-state index in [0.717, 1.165) is 0 Å². The molecule has 2 nitrogen and oxygen atoms in total. The third kappa shape index (κ3) is 54.4. The molecule has 0 aromatic carbocycles. The molecule has 0 aromatic heterocycles. The van der Waals surface area contributed by atoms with Crippen molar-refractivity contribution in [2.45, 2.75) is 132 Å². The average molecular weight is 719 g/mol. The van der Waals surface area contributed by atoms with Gasteiger partial charge in [0, 0.05) is 0 Å². The molecule has 280 valence electrons. The predicted octanol–water partition coefficient (Wildman–Crippen LogP) is 15.2. The van der Waals surface area contributed by atoms with E-state index in [4.69, 9.17) is 0 Å². The van der Waals surface area contributed by atoms with E-state index >= 15 is 0 Å². The number of hydrogen-bond acceptors (Lipinski definition) is 0. The summed E-state index contributed by atoms with van der Waals surface area (Å²) in [6, 6.07) is 0. The monoisotopic (exact) mass is 718 g/mol. The predicted molar refractivity (Wildman–Crippen MR) is 167 cm³/mol. The van der Waals surface area contributed by atoms with E-state index in [1.54, 1.807) is 0 Å². The molecule has 0 aliphatic carbocycles. The number of hydrogen-bond donors (Lipinski definition) is 0. The van der Waals surface area contributed by atoms with Crippen molar-refractivity contribution in [2.75, 3.05) is 52.4 Å². The van der Waals surface area contributed by atoms with E-state index < -0.39 is 15.6 Å². The molecule has 44 heavy (non-hydrogen) atoms. The first-order valence-corrected chi connectivity index (χ1v) is 20.3. The van der Waals surface area contributed by atoms with Crippen LogP contribution in [-0.2, 0) is 0 Å². The summed E-state index contributed by atoms with van der Waals surface area (Å²) in [5.41, 5.74) is 0. The molecule has 0 fully saturated rings. The molecule has 0 aromatic rings. The summed E-state index contributed by atoms with van der Waals surface area (Å²) >= 11 is 0. The average Bonchev–Trinajstić information content (AvgIpc) is 2.80. The number of rotatable bonds is 20. The Balaban J connectivity index is -0.000000261. The van der Waals surface area contributed by atoms with E-state index in [2.05, 4.69) is 55.4 Å². The molecule has 16 heteroatoms. The van der Waals surface area contributed by atoms with Crippen LogP contribution in [-0.4, -0.2) is 61.3 Å². The summed E-state index contributed by atoms with van der Waals surface area (Å²) in [5.74, 6) is 0. The van der Waals surface area contributed by atoms with Crippen LogP contribution in [0, 0.1) is 0 Å². The summed E-state index contributed by atoms with van der Waals surface area (Å²) in [7, 11) is -21.3. The molecule has 0 spiro atoms. The molecule has 0 amide bonds. The van der Waals surface area contributed by atoms with Crippen molar-refractivity contribution in [1.29, 1.82) is 0 Å². The normalized spacial score (nSPS) is 15.5. The Kier molecular flexibility index (Phi) is 22.7. The van der Waals surface area contributed by atoms with E-state index in [9.17, 15) is 50.4 Å². The Hall–Kier alpha value is -0.0600. The third-order valence-electron chi connectivity index (χ3n) is 6.74. The Bertz CT molecular complexity index is 579. The van der Waals surface area contributed by atoms with Gasteiger partial charge in [0.2, 0.25) is 0 Å². The Labute approximate surface area is 260 Å². The molecule has 0 atom stereocenters. The third-order valence-corrected chi connectivity index (χ3v) is 6.74. The van der Waals surface area contributed by atoms with Gasteiger partial charge in [-0.05, 0) is 51.4 Å². The van der Waals surface area contributed by atoms with Gasteiger partial charge in [0.05, 0.1) is 52.4 Å². The van der Waals surface area contributed by atoms with Gasteiger partial charge >= 0.3 is 66.0 Å². The quantitative estimate of drug-likeness (QED) is 0.0668. The van der Waals surface area contributed by atoms with Gasteiger partial charge in [0.1, 0.15) is 0 Å². The van der Waals surface area contributed by atoms with Crippen LogP contribution in [0.1, 0.15) is 132 Å². The fourth-order valence-electron chi connectivity index (χ4n) is 5.21. The van der Waals surface area contributed by atoms with E-state index in [1.165, 1.54) is 138 Å². The van der Waals surface area contributed by atoms with Gasteiger partial charge in [-0.25, -0.2) is 0 Å². The second kappa shape index (κ2) is 19.7. The number of halogens is 12. The molecule has 0 aliphatic heterocycles. The van der Waals surface area contributed by atoms with Gasteiger partial charge in [0.15, 0.2) is 0 Å². The Morgan fingerprint density at radius 2 is 0.409 bits per heavy atom. The van der Waals surface area contributed by atoms with Crippen LogP contribution < -0.4 is 0 Å². The van der Waals surface area contributed by atoms with Gasteiger partial charge in [-0.15, -0.1) is 0 Å². The van der Waals surface area contributed by atoms with E-state index in [1.807, 2.05) is 0 Å². The Morgan fingerprint density at radius 3 is 0.523 bits per heavy atom. The van der Waals surface area contributed by atoms with Crippen LogP contribution >= 0.6 is 15.6 Å². The van der Waals surface area contributed by atoms with Gasteiger partial charge in [0.25, 0.3) is 0 Å². The SMILES string of the molecule is CCCC[N+](CCCC)(CCCC)CCCC.CCC[N+](CCC)(CCC)CCC.F[P-](F)(F)(F)(F)F.F[P-](F)(F)(F)(F)F. The van der Waals surface area contributed by atoms with Crippen molar-refractivity contribution < 1.29 is 59.3 Å². The van der Waals surface area contributed by atoms with Gasteiger partial charge in [-0.1, -0.05) is 81.1 Å². The summed E-state index contributed by atoms with van der Waals surface area (Å²) in [5, 5.41) is 0. The maximum atomic E-state index is 9.87. The van der Waals surface area contributed by atoms with Crippen molar-refractivity contribution in [3.63, 3.8) is 0 Å². The van der Waals surface area contributed by atoms with Crippen LogP contribution in [0.15, 0.2) is 0 Å². The zero-order valence-corrected chi connectivity index (χ0v) is 30.3. The molecule has 0 heterocycles. The molecule has 0 N–H and O–H groups in total. The summed E-state index contributed by atoms with van der Waals surface area (Å²) in [4.78, 5) is 0.